The van der Waals surface area contributed by atoms with Crippen LogP contribution in [0.3, 0.4) is 0 Å². The first-order valence-electron chi connectivity index (χ1n) is 7.99. The molecule has 2 aromatic rings. The van der Waals surface area contributed by atoms with Crippen molar-refractivity contribution in [3.63, 3.8) is 0 Å². The maximum atomic E-state index is 12.2. The van der Waals surface area contributed by atoms with E-state index >= 15 is 0 Å². The maximum Gasteiger partial charge on any atom is 0.235 e. The van der Waals surface area contributed by atoms with Crippen molar-refractivity contribution in [2.75, 3.05) is 11.1 Å². The summed E-state index contributed by atoms with van der Waals surface area (Å²) in [5.74, 6) is 2.60. The van der Waals surface area contributed by atoms with Crippen molar-refractivity contribution in [3.8, 4) is 0 Å². The SMILES string of the molecule is CCn1c(SCC(=O)Nc2ccnn2C(C)C)nnc1C1CC1. The van der Waals surface area contributed by atoms with Crippen LogP contribution in [0.2, 0.25) is 0 Å². The van der Waals surface area contributed by atoms with Gasteiger partial charge in [0.1, 0.15) is 11.6 Å². The summed E-state index contributed by atoms with van der Waals surface area (Å²) in [7, 11) is 0. The van der Waals surface area contributed by atoms with Gasteiger partial charge in [-0.25, -0.2) is 4.68 Å². The zero-order valence-electron chi connectivity index (χ0n) is 13.7. The Labute approximate surface area is 139 Å². The summed E-state index contributed by atoms with van der Waals surface area (Å²) in [5, 5.41) is 16.5. The number of hydrogen-bond acceptors (Lipinski definition) is 5. The molecule has 0 spiro atoms. The van der Waals surface area contributed by atoms with Crippen molar-refractivity contribution in [2.24, 2.45) is 0 Å². The lowest BCUT2D eigenvalue weighted by atomic mass is 10.4. The summed E-state index contributed by atoms with van der Waals surface area (Å²) < 4.78 is 3.91. The lowest BCUT2D eigenvalue weighted by molar-refractivity contribution is -0.113. The molecular weight excluding hydrogens is 312 g/mol. The van der Waals surface area contributed by atoms with Crippen molar-refractivity contribution < 1.29 is 4.79 Å². The van der Waals surface area contributed by atoms with E-state index in [1.807, 2.05) is 19.9 Å². The molecule has 2 heterocycles. The minimum Gasteiger partial charge on any atom is -0.310 e. The normalized spacial score (nSPS) is 14.4. The summed E-state index contributed by atoms with van der Waals surface area (Å²) in [6.07, 6.45) is 4.09. The highest BCUT2D eigenvalue weighted by Crippen LogP contribution is 2.39. The molecule has 2 aromatic heterocycles. The number of carbonyl (C=O) groups excluding carboxylic acids is 1. The van der Waals surface area contributed by atoms with Gasteiger partial charge in [-0.2, -0.15) is 5.10 Å². The molecule has 0 radical (unpaired) electrons. The van der Waals surface area contributed by atoms with Gasteiger partial charge in [0.2, 0.25) is 5.91 Å². The number of amides is 1. The third kappa shape index (κ3) is 3.57. The number of rotatable bonds is 7. The molecule has 23 heavy (non-hydrogen) atoms. The smallest absolute Gasteiger partial charge is 0.235 e. The van der Waals surface area contributed by atoms with E-state index < -0.39 is 0 Å². The van der Waals surface area contributed by atoms with E-state index in [9.17, 15) is 4.79 Å². The van der Waals surface area contributed by atoms with Crippen molar-refractivity contribution in [1.29, 1.82) is 0 Å². The first kappa shape index (κ1) is 16.0. The summed E-state index contributed by atoms with van der Waals surface area (Å²) in [6.45, 7) is 6.98. The Morgan fingerprint density at radius 1 is 1.43 bits per heavy atom. The highest BCUT2D eigenvalue weighted by molar-refractivity contribution is 7.99. The molecule has 1 N–H and O–H groups in total. The van der Waals surface area contributed by atoms with Crippen LogP contribution < -0.4 is 5.32 Å². The van der Waals surface area contributed by atoms with Crippen LogP contribution in [0.4, 0.5) is 5.82 Å². The molecule has 1 fully saturated rings. The number of thioether (sulfide) groups is 1. The van der Waals surface area contributed by atoms with Gasteiger partial charge in [-0.3, -0.25) is 4.79 Å². The lowest BCUT2D eigenvalue weighted by Crippen LogP contribution is -2.18. The Morgan fingerprint density at radius 3 is 2.87 bits per heavy atom. The average molecular weight is 334 g/mol. The molecule has 8 heteroatoms. The number of carbonyl (C=O) groups is 1. The Morgan fingerprint density at radius 2 is 2.22 bits per heavy atom. The molecule has 1 aliphatic rings. The van der Waals surface area contributed by atoms with E-state index in [0.29, 0.717) is 11.7 Å². The summed E-state index contributed by atoms with van der Waals surface area (Å²) >= 11 is 1.43. The highest BCUT2D eigenvalue weighted by Gasteiger charge is 2.30. The minimum absolute atomic E-state index is 0.0592. The monoisotopic (exact) mass is 334 g/mol. The van der Waals surface area contributed by atoms with Gasteiger partial charge >= 0.3 is 0 Å². The summed E-state index contributed by atoms with van der Waals surface area (Å²) in [4.78, 5) is 12.2. The van der Waals surface area contributed by atoms with E-state index in [2.05, 4.69) is 32.1 Å². The standard InChI is InChI=1S/C15H22N6OS/c1-4-20-14(11-5-6-11)18-19-15(20)23-9-13(22)17-12-7-8-16-21(12)10(2)3/h7-8,10-11H,4-6,9H2,1-3H3,(H,17,22). The van der Waals surface area contributed by atoms with Crippen molar-refractivity contribution >= 4 is 23.5 Å². The van der Waals surface area contributed by atoms with Crippen LogP contribution in [-0.4, -0.2) is 36.2 Å². The van der Waals surface area contributed by atoms with E-state index in [-0.39, 0.29) is 11.9 Å². The van der Waals surface area contributed by atoms with Gasteiger partial charge in [0.05, 0.1) is 11.9 Å². The quantitative estimate of drug-likeness (QED) is 0.788. The molecule has 1 saturated carbocycles. The third-order valence-corrected chi connectivity index (χ3v) is 4.73. The van der Waals surface area contributed by atoms with Crippen LogP contribution in [0, 0.1) is 0 Å². The van der Waals surface area contributed by atoms with Gasteiger partial charge < -0.3 is 9.88 Å². The van der Waals surface area contributed by atoms with E-state index in [0.717, 1.165) is 23.3 Å². The maximum absolute atomic E-state index is 12.2. The van der Waals surface area contributed by atoms with Crippen LogP contribution >= 0.6 is 11.8 Å². The second-order valence-corrected chi connectivity index (χ2v) is 6.89. The van der Waals surface area contributed by atoms with E-state index in [4.69, 9.17) is 0 Å². The zero-order chi connectivity index (χ0) is 16.4. The first-order chi connectivity index (χ1) is 11.1. The molecule has 0 unspecified atom stereocenters. The van der Waals surface area contributed by atoms with Crippen molar-refractivity contribution in [2.45, 2.75) is 57.3 Å². The topological polar surface area (TPSA) is 77.6 Å². The number of nitrogens with one attached hydrogen (secondary N) is 1. The Kier molecular flexibility index (Phi) is 4.70. The van der Waals surface area contributed by atoms with E-state index in [1.54, 1.807) is 10.9 Å². The largest absolute Gasteiger partial charge is 0.310 e. The molecule has 0 aromatic carbocycles. The second kappa shape index (κ2) is 6.74. The van der Waals surface area contributed by atoms with Gasteiger partial charge in [0.15, 0.2) is 5.16 Å². The molecule has 0 saturated heterocycles. The molecule has 1 aliphatic carbocycles. The summed E-state index contributed by atoms with van der Waals surface area (Å²) in [5.41, 5.74) is 0. The molecule has 7 nitrogen and oxygen atoms in total. The Hall–Kier alpha value is -1.83. The molecule has 0 aliphatic heterocycles. The van der Waals surface area contributed by atoms with Crippen LogP contribution in [0.25, 0.3) is 0 Å². The van der Waals surface area contributed by atoms with Gasteiger partial charge in [0, 0.05) is 24.6 Å². The first-order valence-corrected chi connectivity index (χ1v) is 8.98. The molecule has 1 amide bonds. The van der Waals surface area contributed by atoms with Crippen LogP contribution in [-0.2, 0) is 11.3 Å². The van der Waals surface area contributed by atoms with Crippen molar-refractivity contribution in [1.82, 2.24) is 24.5 Å². The fourth-order valence-electron chi connectivity index (χ4n) is 2.48. The Bertz CT molecular complexity index is 688. The van der Waals surface area contributed by atoms with Gasteiger partial charge in [-0.05, 0) is 33.6 Å². The predicted octanol–water partition coefficient (Wildman–Crippen LogP) is 2.68. The fourth-order valence-corrected chi connectivity index (χ4v) is 3.29. The number of nitrogens with zero attached hydrogens (tertiary/aromatic N) is 5. The third-order valence-electron chi connectivity index (χ3n) is 3.76. The molecule has 0 bridgehead atoms. The summed E-state index contributed by atoms with van der Waals surface area (Å²) in [6, 6.07) is 2.01. The van der Waals surface area contributed by atoms with Crippen LogP contribution in [0.5, 0.6) is 0 Å². The fraction of sp³-hybridized carbons (Fsp3) is 0.600. The van der Waals surface area contributed by atoms with Crippen LogP contribution in [0.1, 0.15) is 51.4 Å². The van der Waals surface area contributed by atoms with Gasteiger partial charge in [-0.15, -0.1) is 10.2 Å². The van der Waals surface area contributed by atoms with Gasteiger partial charge in [-0.1, -0.05) is 11.8 Å². The predicted molar refractivity (Wildman–Crippen MR) is 89.6 cm³/mol. The Balaban J connectivity index is 1.60. The minimum atomic E-state index is -0.0592. The number of hydrogen-bond donors (Lipinski definition) is 1. The average Bonchev–Trinajstić information content (AvgIpc) is 3.11. The van der Waals surface area contributed by atoms with Crippen molar-refractivity contribution in [3.05, 3.63) is 18.1 Å². The molecule has 3 rings (SSSR count). The number of aromatic nitrogens is 5. The zero-order valence-corrected chi connectivity index (χ0v) is 14.5. The molecular formula is C15H22N6OS. The molecule has 124 valence electrons. The highest BCUT2D eigenvalue weighted by atomic mass is 32.2. The van der Waals surface area contributed by atoms with Crippen LogP contribution in [0.15, 0.2) is 17.4 Å². The second-order valence-electron chi connectivity index (χ2n) is 5.95. The molecule has 0 atom stereocenters. The van der Waals surface area contributed by atoms with Gasteiger partial charge in [0.25, 0.3) is 0 Å². The van der Waals surface area contributed by atoms with E-state index in [1.165, 1.54) is 24.6 Å². The lowest BCUT2D eigenvalue weighted by Gasteiger charge is -2.11. The number of anilines is 1.